The second-order valence-corrected chi connectivity index (χ2v) is 6.02. The average molecular weight is 304 g/mol. The van der Waals surface area contributed by atoms with Gasteiger partial charge in [0.25, 0.3) is 11.7 Å². The van der Waals surface area contributed by atoms with Crippen molar-refractivity contribution < 1.29 is 9.59 Å². The lowest BCUT2D eigenvalue weighted by molar-refractivity contribution is -0.114. The molecule has 0 saturated heterocycles. The summed E-state index contributed by atoms with van der Waals surface area (Å²) >= 11 is 7.49. The maximum atomic E-state index is 11.7. The topological polar surface area (TPSA) is 37.4 Å². The molecule has 5 heteroatoms. The van der Waals surface area contributed by atoms with Crippen molar-refractivity contribution >= 4 is 40.7 Å². The summed E-state index contributed by atoms with van der Waals surface area (Å²) in [7, 11) is 1.61. The van der Waals surface area contributed by atoms with Gasteiger partial charge in [0.1, 0.15) is 0 Å². The number of rotatable bonds is 2. The van der Waals surface area contributed by atoms with Gasteiger partial charge in [-0.2, -0.15) is 0 Å². The summed E-state index contributed by atoms with van der Waals surface area (Å²) in [6.07, 6.45) is 0. The number of Topliss-reactive ketones (excluding diaryl/α,β-unsaturated/α-hetero) is 1. The summed E-state index contributed by atoms with van der Waals surface area (Å²) in [4.78, 5) is 26.7. The predicted octanol–water partition coefficient (Wildman–Crippen LogP) is 3.65. The minimum absolute atomic E-state index is 0.443. The molecule has 1 heterocycles. The quantitative estimate of drug-likeness (QED) is 0.795. The van der Waals surface area contributed by atoms with Crippen molar-refractivity contribution in [1.29, 1.82) is 0 Å². The van der Waals surface area contributed by atoms with Gasteiger partial charge in [0.05, 0.1) is 11.3 Å². The number of hydrogen-bond donors (Lipinski definition) is 0. The largest absolute Gasteiger partial charge is 0.308 e. The van der Waals surface area contributed by atoms with Crippen molar-refractivity contribution in [2.75, 3.05) is 11.9 Å². The van der Waals surface area contributed by atoms with E-state index in [9.17, 15) is 9.59 Å². The van der Waals surface area contributed by atoms with E-state index in [1.165, 1.54) is 16.7 Å². The third-order valence-electron chi connectivity index (χ3n) is 3.11. The van der Waals surface area contributed by atoms with Crippen molar-refractivity contribution in [3.8, 4) is 0 Å². The van der Waals surface area contributed by atoms with Gasteiger partial charge >= 0.3 is 0 Å². The molecule has 1 amide bonds. The van der Waals surface area contributed by atoms with Crippen LogP contribution in [0.4, 0.5) is 5.69 Å². The fourth-order valence-electron chi connectivity index (χ4n) is 2.09. The molecule has 1 aliphatic heterocycles. The normalized spacial score (nSPS) is 13.8. The molecule has 0 N–H and O–H groups in total. The molecule has 0 saturated carbocycles. The number of amides is 1. The maximum Gasteiger partial charge on any atom is 0.299 e. The van der Waals surface area contributed by atoms with E-state index in [1.807, 2.05) is 36.4 Å². The molecule has 0 aromatic heterocycles. The van der Waals surface area contributed by atoms with Crippen molar-refractivity contribution in [3.63, 3.8) is 0 Å². The molecular formula is C15H10ClNO2S. The highest BCUT2D eigenvalue weighted by atomic mass is 35.5. The van der Waals surface area contributed by atoms with Gasteiger partial charge in [0.2, 0.25) is 0 Å². The van der Waals surface area contributed by atoms with Gasteiger partial charge in [-0.3, -0.25) is 9.59 Å². The van der Waals surface area contributed by atoms with Crippen molar-refractivity contribution in [2.24, 2.45) is 0 Å². The lowest BCUT2D eigenvalue weighted by Gasteiger charge is -2.10. The molecule has 1 aliphatic rings. The first-order chi connectivity index (χ1) is 9.56. The molecule has 20 heavy (non-hydrogen) atoms. The van der Waals surface area contributed by atoms with E-state index in [0.29, 0.717) is 16.3 Å². The highest BCUT2D eigenvalue weighted by Gasteiger charge is 2.33. The van der Waals surface area contributed by atoms with Crippen LogP contribution >= 0.6 is 23.4 Å². The zero-order chi connectivity index (χ0) is 14.3. The van der Waals surface area contributed by atoms with Gasteiger partial charge in [-0.1, -0.05) is 29.4 Å². The number of benzene rings is 2. The summed E-state index contributed by atoms with van der Waals surface area (Å²) < 4.78 is 0. The molecule has 0 aliphatic carbocycles. The average Bonchev–Trinajstić information content (AvgIpc) is 2.64. The Balaban J connectivity index is 1.94. The molecule has 2 aromatic rings. The number of carbonyl (C=O) groups excluding carboxylic acids is 2. The summed E-state index contributed by atoms with van der Waals surface area (Å²) in [5.41, 5.74) is 1.12. The Morgan fingerprint density at radius 3 is 2.55 bits per heavy atom. The molecular weight excluding hydrogens is 294 g/mol. The van der Waals surface area contributed by atoms with E-state index >= 15 is 0 Å². The highest BCUT2D eigenvalue weighted by molar-refractivity contribution is 7.99. The minimum Gasteiger partial charge on any atom is -0.308 e. The second kappa shape index (κ2) is 4.96. The monoisotopic (exact) mass is 303 g/mol. The molecule has 0 unspecified atom stereocenters. The fourth-order valence-corrected chi connectivity index (χ4v) is 3.25. The number of ketones is 1. The third kappa shape index (κ3) is 2.21. The third-order valence-corrected chi connectivity index (χ3v) is 4.32. The predicted molar refractivity (Wildman–Crippen MR) is 79.8 cm³/mol. The lowest BCUT2D eigenvalue weighted by Crippen LogP contribution is -2.24. The standard InChI is InChI=1S/C15H10ClNO2S/c1-17-13-8-11(5-6-12(13)14(18)15(17)19)20-10-4-2-3-9(16)7-10/h2-8H,1H3. The molecule has 0 atom stereocenters. The first-order valence-electron chi connectivity index (χ1n) is 5.96. The van der Waals surface area contributed by atoms with E-state index in [-0.39, 0.29) is 0 Å². The number of hydrogen-bond acceptors (Lipinski definition) is 3. The van der Waals surface area contributed by atoms with Crippen LogP contribution < -0.4 is 4.90 Å². The van der Waals surface area contributed by atoms with Crippen molar-refractivity contribution in [1.82, 2.24) is 0 Å². The number of likely N-dealkylation sites (N-methyl/N-ethyl adjacent to an activating group) is 1. The van der Waals surface area contributed by atoms with Gasteiger partial charge in [-0.15, -0.1) is 0 Å². The highest BCUT2D eigenvalue weighted by Crippen LogP contribution is 2.35. The van der Waals surface area contributed by atoms with Crippen LogP contribution in [0.3, 0.4) is 0 Å². The molecule has 3 rings (SSSR count). The number of nitrogens with zero attached hydrogens (tertiary/aromatic N) is 1. The van der Waals surface area contributed by atoms with Crippen LogP contribution in [0.15, 0.2) is 52.3 Å². The number of anilines is 1. The van der Waals surface area contributed by atoms with Crippen molar-refractivity contribution in [2.45, 2.75) is 9.79 Å². The van der Waals surface area contributed by atoms with Crippen LogP contribution in [0.1, 0.15) is 10.4 Å². The minimum atomic E-state index is -0.482. The number of halogens is 1. The Hall–Kier alpha value is -1.78. The second-order valence-electron chi connectivity index (χ2n) is 4.43. The summed E-state index contributed by atoms with van der Waals surface area (Å²) in [5.74, 6) is -0.924. The van der Waals surface area contributed by atoms with E-state index in [2.05, 4.69) is 0 Å². The molecule has 0 fully saturated rings. The van der Waals surface area contributed by atoms with E-state index in [4.69, 9.17) is 11.6 Å². The van der Waals surface area contributed by atoms with Crippen LogP contribution in [-0.2, 0) is 4.79 Å². The van der Waals surface area contributed by atoms with Crippen LogP contribution in [-0.4, -0.2) is 18.7 Å². The smallest absolute Gasteiger partial charge is 0.299 e. The van der Waals surface area contributed by atoms with Gasteiger partial charge in [0.15, 0.2) is 0 Å². The zero-order valence-corrected chi connectivity index (χ0v) is 12.2. The Morgan fingerprint density at radius 1 is 1.05 bits per heavy atom. The van der Waals surface area contributed by atoms with E-state index < -0.39 is 11.7 Å². The summed E-state index contributed by atoms with van der Waals surface area (Å²) in [6.45, 7) is 0. The number of fused-ring (bicyclic) bond motifs is 1. The first-order valence-corrected chi connectivity index (χ1v) is 7.15. The van der Waals surface area contributed by atoms with Crippen LogP contribution in [0.25, 0.3) is 0 Å². The lowest BCUT2D eigenvalue weighted by atomic mass is 10.1. The van der Waals surface area contributed by atoms with Gasteiger partial charge in [-0.25, -0.2) is 0 Å². The zero-order valence-electron chi connectivity index (χ0n) is 10.6. The Kier molecular flexibility index (Phi) is 3.28. The van der Waals surface area contributed by atoms with E-state index in [0.717, 1.165) is 9.79 Å². The molecule has 0 radical (unpaired) electrons. The maximum absolute atomic E-state index is 11.7. The fraction of sp³-hybridized carbons (Fsp3) is 0.0667. The Morgan fingerprint density at radius 2 is 1.80 bits per heavy atom. The summed E-state index contributed by atoms with van der Waals surface area (Å²) in [6, 6.07) is 12.9. The molecule has 0 bridgehead atoms. The Bertz CT molecular complexity index is 730. The van der Waals surface area contributed by atoms with Crippen molar-refractivity contribution in [3.05, 3.63) is 53.1 Å². The van der Waals surface area contributed by atoms with Crippen LogP contribution in [0, 0.1) is 0 Å². The molecule has 100 valence electrons. The van der Waals surface area contributed by atoms with Gasteiger partial charge in [-0.05, 0) is 36.4 Å². The molecule has 3 nitrogen and oxygen atoms in total. The SMILES string of the molecule is CN1C(=O)C(=O)c2ccc(Sc3cccc(Cl)c3)cc21. The van der Waals surface area contributed by atoms with Gasteiger partial charge in [0, 0.05) is 21.9 Å². The van der Waals surface area contributed by atoms with Gasteiger partial charge < -0.3 is 4.90 Å². The summed E-state index contributed by atoms with van der Waals surface area (Å²) in [5, 5.41) is 0.679. The first kappa shape index (κ1) is 13.2. The van der Waals surface area contributed by atoms with Crippen LogP contribution in [0.5, 0.6) is 0 Å². The van der Waals surface area contributed by atoms with E-state index in [1.54, 1.807) is 13.1 Å². The Labute approximate surface area is 125 Å². The number of carbonyl (C=O) groups is 2. The molecule has 0 spiro atoms. The molecule has 2 aromatic carbocycles. The van der Waals surface area contributed by atoms with Crippen LogP contribution in [0.2, 0.25) is 5.02 Å².